The summed E-state index contributed by atoms with van der Waals surface area (Å²) in [4.78, 5) is 0. The number of hydrogen-bond donors (Lipinski definition) is 0. The minimum absolute atomic E-state index is 0.0832. The Morgan fingerprint density at radius 2 is 1.02 bits per heavy atom. The van der Waals surface area contributed by atoms with E-state index < -0.39 is 21.5 Å². The summed E-state index contributed by atoms with van der Waals surface area (Å²) >= 11 is -4.82. The number of aryl methyl sites for hydroxylation is 2. The normalized spacial score (nSPS) is 18.6. The zero-order valence-electron chi connectivity index (χ0n) is 31.8. The molecule has 4 heteroatoms. The van der Waals surface area contributed by atoms with E-state index in [-0.39, 0.29) is 18.1 Å². The van der Waals surface area contributed by atoms with E-state index in [4.69, 9.17) is 17.0 Å². The summed E-state index contributed by atoms with van der Waals surface area (Å²) in [6.07, 6.45) is 5.87. The van der Waals surface area contributed by atoms with E-state index in [2.05, 4.69) is 167 Å². The van der Waals surface area contributed by atoms with Crippen LogP contribution in [0.25, 0.3) is 34.4 Å². The van der Waals surface area contributed by atoms with E-state index in [9.17, 15) is 0 Å². The Morgan fingerprint density at radius 1 is 0.612 bits per heavy atom. The molecule has 0 amide bonds. The van der Waals surface area contributed by atoms with E-state index in [0.717, 1.165) is 6.42 Å². The Bertz CT molecular complexity index is 2000. The molecule has 257 valence electrons. The third-order valence-electron chi connectivity index (χ3n) is 11.6. The average molecular weight is 786 g/mol. The summed E-state index contributed by atoms with van der Waals surface area (Å²) in [6, 6.07) is 28.0. The van der Waals surface area contributed by atoms with Crippen LogP contribution in [0.2, 0.25) is 13.1 Å². The molecule has 0 aromatic heterocycles. The first-order chi connectivity index (χ1) is 22.7. The molecule has 4 aromatic rings. The van der Waals surface area contributed by atoms with Gasteiger partial charge in [-0.1, -0.05) is 0 Å². The van der Waals surface area contributed by atoms with Crippen LogP contribution < -0.4 is 0 Å². The molecule has 0 nitrogen and oxygen atoms in total. The fraction of sp³-hybridized carbons (Fsp3) is 0.378. The molecule has 0 aliphatic heterocycles. The second-order valence-electron chi connectivity index (χ2n) is 17.5. The molecular formula is C45H55Cl2SiZr. The van der Waals surface area contributed by atoms with Crippen LogP contribution >= 0.6 is 17.0 Å². The van der Waals surface area contributed by atoms with Crippen LogP contribution in [-0.2, 0) is 26.4 Å². The Labute approximate surface area is 305 Å². The molecular weight excluding hydrogens is 731 g/mol. The topological polar surface area (TPSA) is 0 Å². The zero-order chi connectivity index (χ0) is 35.9. The second kappa shape index (κ2) is 12.6. The summed E-state index contributed by atoms with van der Waals surface area (Å²) in [5.41, 5.74) is 18.8. The average Bonchev–Trinajstić information content (AvgIpc) is 3.57. The van der Waals surface area contributed by atoms with Crippen molar-refractivity contribution in [1.29, 1.82) is 0 Å². The molecule has 4 aromatic carbocycles. The van der Waals surface area contributed by atoms with Crippen molar-refractivity contribution in [1.82, 2.24) is 0 Å². The summed E-state index contributed by atoms with van der Waals surface area (Å²) in [5.74, 6) is -1.63. The molecule has 0 heterocycles. The Kier molecular flexibility index (Phi) is 9.48. The van der Waals surface area contributed by atoms with Gasteiger partial charge in [0.05, 0.1) is 0 Å². The van der Waals surface area contributed by atoms with Crippen molar-refractivity contribution in [3.63, 3.8) is 0 Å². The third-order valence-corrected chi connectivity index (χ3v) is 63.7. The monoisotopic (exact) mass is 783 g/mol. The maximum absolute atomic E-state index is 8.66. The number of fused-ring (bicyclic) bond motifs is 2. The number of rotatable bonds is 6. The van der Waals surface area contributed by atoms with Gasteiger partial charge in [0.25, 0.3) is 0 Å². The van der Waals surface area contributed by atoms with Crippen LogP contribution in [0.4, 0.5) is 0 Å². The van der Waals surface area contributed by atoms with Gasteiger partial charge in [-0.15, -0.1) is 0 Å². The summed E-state index contributed by atoms with van der Waals surface area (Å²) < 4.78 is 0.179. The van der Waals surface area contributed by atoms with Crippen LogP contribution in [-0.4, -0.2) is 5.92 Å². The summed E-state index contributed by atoms with van der Waals surface area (Å²) in [5, 5.41) is 0. The van der Waals surface area contributed by atoms with Crippen LogP contribution in [0.15, 0.2) is 83.9 Å². The van der Waals surface area contributed by atoms with E-state index in [0.29, 0.717) is 0 Å². The van der Waals surface area contributed by atoms with Crippen LogP contribution in [0.5, 0.6) is 0 Å². The second-order valence-corrected chi connectivity index (χ2v) is 60.0. The standard InChI is InChI=1S/C22H25.C21H23.C2H7Si.2ClH.Zr/c1-6-16-13-18-11-15(2)12-20(21(18)14-16)17-7-9-19(10-8-17)22(3,4)5;1-14-10-17-11-15(2)13-20(17)19(12-14)16-6-8-18(9-7-16)21(3,4)5;1-3-2;;;/h7-14H,6H2,1-5H3;6-13H,1-5H3;3H,1-2H3;2*1H;/q;;;;;+2/p-2. The first-order valence-corrected chi connectivity index (χ1v) is 34.5. The van der Waals surface area contributed by atoms with Gasteiger partial charge in [0.2, 0.25) is 0 Å². The van der Waals surface area contributed by atoms with Crippen molar-refractivity contribution in [3.05, 3.63) is 128 Å². The van der Waals surface area contributed by atoms with E-state index in [1.807, 2.05) is 0 Å². The van der Waals surface area contributed by atoms with Gasteiger partial charge in [-0.25, -0.2) is 0 Å². The molecule has 0 radical (unpaired) electrons. The molecule has 0 bridgehead atoms. The molecule has 2 unspecified atom stereocenters. The van der Waals surface area contributed by atoms with Gasteiger partial charge in [-0.3, -0.25) is 0 Å². The number of halogens is 2. The fourth-order valence-electron chi connectivity index (χ4n) is 8.78. The molecule has 0 N–H and O–H groups in total. The van der Waals surface area contributed by atoms with Gasteiger partial charge in [-0.2, -0.15) is 0 Å². The van der Waals surface area contributed by atoms with E-state index in [1.54, 1.807) is 0 Å². The molecule has 49 heavy (non-hydrogen) atoms. The van der Waals surface area contributed by atoms with E-state index in [1.165, 1.54) is 77.9 Å². The minimum atomic E-state index is -4.82. The van der Waals surface area contributed by atoms with Crippen molar-refractivity contribution in [3.8, 4) is 22.3 Å². The molecule has 2 aliphatic carbocycles. The van der Waals surface area contributed by atoms with Gasteiger partial charge < -0.3 is 0 Å². The van der Waals surface area contributed by atoms with Gasteiger partial charge >= 0.3 is 308 Å². The van der Waals surface area contributed by atoms with Crippen molar-refractivity contribution in [2.24, 2.45) is 0 Å². The van der Waals surface area contributed by atoms with Gasteiger partial charge in [-0.05, 0) is 0 Å². The Hall–Kier alpha value is -1.96. The molecule has 6 rings (SSSR count). The summed E-state index contributed by atoms with van der Waals surface area (Å²) in [7, 11) is 17.3. The number of benzene rings is 4. The van der Waals surface area contributed by atoms with Gasteiger partial charge in [0.1, 0.15) is 0 Å². The van der Waals surface area contributed by atoms with Crippen LogP contribution in [0, 0.1) is 13.8 Å². The molecule has 0 fully saturated rings. The predicted octanol–water partition coefficient (Wildman–Crippen LogP) is 14.2. The SMILES string of the molecule is CCC1=Cc2c(-c3ccc(C(C)(C)C)cc3)cc(C)cc2[CH]1[Zr]([Cl])([Cl])([CH]1C(C)=Cc2c(-c3ccc(C(C)(C)C)cc3)cc(C)cc21)[SiH](C)C. The zero-order valence-corrected chi connectivity index (χ0v) is 36.9. The van der Waals surface area contributed by atoms with Gasteiger partial charge in [0.15, 0.2) is 0 Å². The number of hydrogen-bond acceptors (Lipinski definition) is 0. The molecule has 0 spiro atoms. The number of allylic oxidation sites excluding steroid dienone is 2. The quantitative estimate of drug-likeness (QED) is 0.171. The van der Waals surface area contributed by atoms with Crippen molar-refractivity contribution in [2.45, 2.75) is 107 Å². The van der Waals surface area contributed by atoms with Crippen LogP contribution in [0.3, 0.4) is 0 Å². The van der Waals surface area contributed by atoms with Crippen molar-refractivity contribution < 1.29 is 15.6 Å². The maximum atomic E-state index is 8.66. The fourth-order valence-corrected chi connectivity index (χ4v) is 41.1. The van der Waals surface area contributed by atoms with Crippen molar-refractivity contribution in [2.75, 3.05) is 0 Å². The molecule has 2 aliphatic rings. The van der Waals surface area contributed by atoms with Crippen molar-refractivity contribution >= 4 is 35.1 Å². The molecule has 2 atom stereocenters. The van der Waals surface area contributed by atoms with Gasteiger partial charge in [0, 0.05) is 0 Å². The third kappa shape index (κ3) is 6.20. The summed E-state index contributed by atoms with van der Waals surface area (Å²) in [6.45, 7) is 27.7. The first-order valence-electron chi connectivity index (χ1n) is 18.2. The first kappa shape index (κ1) is 36.8. The molecule has 0 saturated heterocycles. The Morgan fingerprint density at radius 3 is 1.41 bits per heavy atom. The Balaban J connectivity index is 1.54. The van der Waals surface area contributed by atoms with Crippen LogP contribution in [0.1, 0.15) is 114 Å². The molecule has 0 saturated carbocycles. The van der Waals surface area contributed by atoms with E-state index >= 15 is 0 Å². The predicted molar refractivity (Wildman–Crippen MR) is 219 cm³/mol.